The van der Waals surface area contributed by atoms with Crippen LogP contribution >= 0.6 is 0 Å². The van der Waals surface area contributed by atoms with Gasteiger partial charge in [0.05, 0.1) is 10.9 Å². The number of primary amides is 1. The molecule has 1 saturated heterocycles. The fraction of sp³-hybridized carbons (Fsp3) is 0.231. The van der Waals surface area contributed by atoms with Crippen LogP contribution in [0.4, 0.5) is 5.69 Å². The SMILES string of the molecule is NC(=O)C1CCCN1Cc1cccc(NC(=O)c2cccc(S(=O)(=O)NCc3ccccc3)c2)c1. The summed E-state index contributed by atoms with van der Waals surface area (Å²) in [5.41, 5.74) is 8.09. The second-order valence-electron chi connectivity index (χ2n) is 8.52. The van der Waals surface area contributed by atoms with Crippen LogP contribution < -0.4 is 15.8 Å². The van der Waals surface area contributed by atoms with E-state index in [1.165, 1.54) is 12.1 Å². The topological polar surface area (TPSA) is 122 Å². The highest BCUT2D eigenvalue weighted by Crippen LogP contribution is 2.22. The minimum Gasteiger partial charge on any atom is -0.368 e. The van der Waals surface area contributed by atoms with E-state index < -0.39 is 15.9 Å². The molecule has 1 unspecified atom stereocenters. The Hall–Kier alpha value is -3.53. The number of likely N-dealkylation sites (tertiary alicyclic amines) is 1. The van der Waals surface area contributed by atoms with Gasteiger partial charge >= 0.3 is 0 Å². The third kappa shape index (κ3) is 6.33. The molecule has 2 amide bonds. The molecule has 182 valence electrons. The van der Waals surface area contributed by atoms with Crippen LogP contribution in [0.1, 0.15) is 34.3 Å². The summed E-state index contributed by atoms with van der Waals surface area (Å²) in [6.07, 6.45) is 1.68. The van der Waals surface area contributed by atoms with Gasteiger partial charge in [0.15, 0.2) is 0 Å². The lowest BCUT2D eigenvalue weighted by atomic mass is 10.1. The predicted molar refractivity (Wildman–Crippen MR) is 134 cm³/mol. The van der Waals surface area contributed by atoms with Crippen LogP contribution in [0.25, 0.3) is 0 Å². The molecule has 1 heterocycles. The largest absolute Gasteiger partial charge is 0.368 e. The van der Waals surface area contributed by atoms with Crippen molar-refractivity contribution in [2.75, 3.05) is 11.9 Å². The van der Waals surface area contributed by atoms with Gasteiger partial charge in [-0.25, -0.2) is 13.1 Å². The number of nitrogens with zero attached hydrogens (tertiary/aromatic N) is 1. The first-order valence-electron chi connectivity index (χ1n) is 11.4. The second-order valence-corrected chi connectivity index (χ2v) is 10.3. The summed E-state index contributed by atoms with van der Waals surface area (Å²) < 4.78 is 28.0. The quantitative estimate of drug-likeness (QED) is 0.424. The monoisotopic (exact) mass is 492 g/mol. The molecule has 1 fully saturated rings. The maximum atomic E-state index is 12.9. The zero-order valence-electron chi connectivity index (χ0n) is 19.2. The summed E-state index contributed by atoms with van der Waals surface area (Å²) in [6, 6.07) is 22.2. The predicted octanol–water partition coefficient (Wildman–Crippen LogP) is 2.87. The Kier molecular flexibility index (Phi) is 7.60. The minimum atomic E-state index is -3.79. The van der Waals surface area contributed by atoms with Crippen LogP contribution in [0.15, 0.2) is 83.8 Å². The molecule has 0 aliphatic carbocycles. The molecule has 35 heavy (non-hydrogen) atoms. The van der Waals surface area contributed by atoms with Crippen molar-refractivity contribution in [1.82, 2.24) is 9.62 Å². The Morgan fingerprint density at radius 1 is 0.943 bits per heavy atom. The van der Waals surface area contributed by atoms with Crippen LogP contribution in [-0.2, 0) is 27.9 Å². The lowest BCUT2D eigenvalue weighted by molar-refractivity contribution is -0.122. The van der Waals surface area contributed by atoms with Crippen LogP contribution in [0.2, 0.25) is 0 Å². The molecule has 0 aromatic heterocycles. The van der Waals surface area contributed by atoms with Gasteiger partial charge in [0.1, 0.15) is 0 Å². The van der Waals surface area contributed by atoms with E-state index in [4.69, 9.17) is 5.73 Å². The molecule has 4 rings (SSSR count). The second kappa shape index (κ2) is 10.8. The first-order chi connectivity index (χ1) is 16.8. The minimum absolute atomic E-state index is 0.0151. The molecule has 0 saturated carbocycles. The summed E-state index contributed by atoms with van der Waals surface area (Å²) in [5, 5.41) is 2.83. The molecule has 1 aliphatic rings. The normalized spacial score (nSPS) is 16.2. The van der Waals surface area contributed by atoms with Crippen molar-refractivity contribution < 1.29 is 18.0 Å². The van der Waals surface area contributed by atoms with Crippen molar-refractivity contribution in [2.24, 2.45) is 5.73 Å². The number of benzene rings is 3. The van der Waals surface area contributed by atoms with Crippen molar-refractivity contribution in [3.05, 3.63) is 95.6 Å². The van der Waals surface area contributed by atoms with Gasteiger partial charge in [0, 0.05) is 24.3 Å². The number of nitrogens with one attached hydrogen (secondary N) is 2. The number of amides is 2. The summed E-state index contributed by atoms with van der Waals surface area (Å²) in [5.74, 6) is -0.738. The highest BCUT2D eigenvalue weighted by atomic mass is 32.2. The summed E-state index contributed by atoms with van der Waals surface area (Å²) in [4.78, 5) is 26.6. The highest BCUT2D eigenvalue weighted by Gasteiger charge is 2.28. The molecule has 3 aromatic rings. The molecule has 3 aromatic carbocycles. The summed E-state index contributed by atoms with van der Waals surface area (Å²) in [7, 11) is -3.79. The Morgan fingerprint density at radius 3 is 2.46 bits per heavy atom. The lowest BCUT2D eigenvalue weighted by Gasteiger charge is -2.22. The third-order valence-electron chi connectivity index (χ3n) is 5.98. The number of sulfonamides is 1. The molecule has 0 bridgehead atoms. The van der Waals surface area contributed by atoms with Gasteiger partial charge in [-0.3, -0.25) is 14.5 Å². The Balaban J connectivity index is 1.43. The van der Waals surface area contributed by atoms with Crippen molar-refractivity contribution in [3.63, 3.8) is 0 Å². The zero-order valence-corrected chi connectivity index (χ0v) is 20.0. The molecular weight excluding hydrogens is 464 g/mol. The molecular formula is C26H28N4O4S. The van der Waals surface area contributed by atoms with Gasteiger partial charge in [-0.2, -0.15) is 0 Å². The van der Waals surface area contributed by atoms with Gasteiger partial charge in [0.2, 0.25) is 15.9 Å². The number of hydrogen-bond acceptors (Lipinski definition) is 5. The lowest BCUT2D eigenvalue weighted by Crippen LogP contribution is -2.39. The number of rotatable bonds is 9. The fourth-order valence-electron chi connectivity index (χ4n) is 4.18. The summed E-state index contributed by atoms with van der Waals surface area (Å²) >= 11 is 0. The molecule has 8 nitrogen and oxygen atoms in total. The Bertz CT molecular complexity index is 1310. The molecule has 0 radical (unpaired) electrons. The maximum Gasteiger partial charge on any atom is 0.255 e. The van der Waals surface area contributed by atoms with Crippen LogP contribution in [-0.4, -0.2) is 37.7 Å². The smallest absolute Gasteiger partial charge is 0.255 e. The fourth-order valence-corrected chi connectivity index (χ4v) is 5.25. The number of hydrogen-bond donors (Lipinski definition) is 3. The number of anilines is 1. The van der Waals surface area contributed by atoms with E-state index in [9.17, 15) is 18.0 Å². The van der Waals surface area contributed by atoms with E-state index in [1.54, 1.807) is 18.2 Å². The highest BCUT2D eigenvalue weighted by molar-refractivity contribution is 7.89. The maximum absolute atomic E-state index is 12.9. The summed E-state index contributed by atoms with van der Waals surface area (Å²) in [6.45, 7) is 1.50. The van der Waals surface area contributed by atoms with Gasteiger partial charge in [0.25, 0.3) is 5.91 Å². The van der Waals surface area contributed by atoms with E-state index in [0.717, 1.165) is 30.5 Å². The molecule has 9 heteroatoms. The van der Waals surface area contributed by atoms with Crippen molar-refractivity contribution in [3.8, 4) is 0 Å². The van der Waals surface area contributed by atoms with Gasteiger partial charge in [-0.05, 0) is 60.8 Å². The molecule has 1 atom stereocenters. The third-order valence-corrected chi connectivity index (χ3v) is 7.38. The standard InChI is InChI=1S/C26H28N4O4S/c27-25(31)24-13-6-14-30(24)18-20-9-4-11-22(15-20)29-26(32)21-10-5-12-23(16-21)35(33,34)28-17-19-7-2-1-3-8-19/h1-5,7-12,15-16,24,28H,6,13-14,17-18H2,(H2,27,31)(H,29,32). The van der Waals surface area contributed by atoms with E-state index in [2.05, 4.69) is 10.0 Å². The van der Waals surface area contributed by atoms with Crippen molar-refractivity contribution in [1.29, 1.82) is 0 Å². The molecule has 1 aliphatic heterocycles. The van der Waals surface area contributed by atoms with Crippen molar-refractivity contribution >= 4 is 27.5 Å². The number of carbonyl (C=O) groups excluding carboxylic acids is 2. The number of nitrogens with two attached hydrogens (primary N) is 1. The average Bonchev–Trinajstić information content (AvgIpc) is 3.32. The van der Waals surface area contributed by atoms with Crippen molar-refractivity contribution in [2.45, 2.75) is 36.9 Å². The first kappa shape index (κ1) is 24.6. The van der Waals surface area contributed by atoms with Gasteiger partial charge in [-0.1, -0.05) is 48.5 Å². The molecule has 0 spiro atoms. The van der Waals surface area contributed by atoms with Crippen LogP contribution in [0.5, 0.6) is 0 Å². The number of carbonyl (C=O) groups is 2. The molecule has 4 N–H and O–H groups in total. The van der Waals surface area contributed by atoms with E-state index in [-0.39, 0.29) is 29.0 Å². The average molecular weight is 493 g/mol. The Morgan fingerprint density at radius 2 is 1.69 bits per heavy atom. The Labute approximate surface area is 205 Å². The van der Waals surface area contributed by atoms with E-state index in [0.29, 0.717) is 12.2 Å². The zero-order chi connectivity index (χ0) is 24.8. The van der Waals surface area contributed by atoms with Gasteiger partial charge in [-0.15, -0.1) is 0 Å². The van der Waals surface area contributed by atoms with E-state index >= 15 is 0 Å². The first-order valence-corrected chi connectivity index (χ1v) is 12.9. The van der Waals surface area contributed by atoms with Crippen LogP contribution in [0.3, 0.4) is 0 Å². The van der Waals surface area contributed by atoms with Crippen LogP contribution in [0, 0.1) is 0 Å². The van der Waals surface area contributed by atoms with E-state index in [1.807, 2.05) is 53.4 Å². The van der Waals surface area contributed by atoms with Gasteiger partial charge < -0.3 is 11.1 Å².